The van der Waals surface area contributed by atoms with Crippen LogP contribution in [-0.4, -0.2) is 62.8 Å². The molecule has 8 nitrogen and oxygen atoms in total. The van der Waals surface area contributed by atoms with Crippen molar-refractivity contribution in [3.8, 4) is 0 Å². The van der Waals surface area contributed by atoms with Crippen molar-refractivity contribution in [1.29, 1.82) is 0 Å². The SMILES string of the molecule is O=C(CO)NC[C@H]1CN(c2cc(F)c(C3[C@H]4CS(=O)(=O)C[C@@H]34)c(F)c2)C(=O)O1. The fourth-order valence-corrected chi connectivity index (χ4v) is 6.37. The summed E-state index contributed by atoms with van der Waals surface area (Å²) in [7, 11) is -3.12. The van der Waals surface area contributed by atoms with Crippen molar-refractivity contribution in [2.75, 3.05) is 36.1 Å². The largest absolute Gasteiger partial charge is 0.442 e. The Kier molecular flexibility index (Phi) is 4.53. The number of carbonyl (C=O) groups is 2. The first-order valence-electron chi connectivity index (χ1n) is 8.75. The minimum Gasteiger partial charge on any atom is -0.442 e. The van der Waals surface area contributed by atoms with Gasteiger partial charge < -0.3 is 15.2 Å². The Morgan fingerprint density at radius 2 is 1.86 bits per heavy atom. The number of hydrogen-bond acceptors (Lipinski definition) is 6. The maximum Gasteiger partial charge on any atom is 0.414 e. The molecule has 3 aliphatic rings. The summed E-state index contributed by atoms with van der Waals surface area (Å²) in [5, 5.41) is 11.0. The lowest BCUT2D eigenvalue weighted by molar-refractivity contribution is -0.124. The summed E-state index contributed by atoms with van der Waals surface area (Å²) in [6, 6.07) is 2.08. The van der Waals surface area contributed by atoms with E-state index in [0.717, 1.165) is 17.0 Å². The van der Waals surface area contributed by atoms with E-state index in [2.05, 4.69) is 5.32 Å². The molecule has 0 aromatic heterocycles. The Bertz CT molecular complexity index is 912. The topological polar surface area (TPSA) is 113 Å². The molecule has 4 atom stereocenters. The molecule has 3 fully saturated rings. The molecule has 0 spiro atoms. The standard InChI is InChI=1S/C17H18F2N2O6S/c18-12-1-8(21-4-9(27-17(21)24)3-20-14(23)5-22)2-13(19)16(12)15-10-6-28(25,26)7-11(10)15/h1-2,9-11,15,22H,3-7H2,(H,20,23)/t9-,10-,11+,15?/m0/s1. The maximum atomic E-state index is 14.6. The first-order valence-corrected chi connectivity index (χ1v) is 10.6. The third-order valence-corrected chi connectivity index (χ3v) is 7.26. The number of rotatable bonds is 5. The summed E-state index contributed by atoms with van der Waals surface area (Å²) in [6.45, 7) is -0.757. The van der Waals surface area contributed by atoms with Crippen molar-refractivity contribution in [3.05, 3.63) is 29.3 Å². The second kappa shape index (κ2) is 6.66. The first kappa shape index (κ1) is 19.1. The van der Waals surface area contributed by atoms with Gasteiger partial charge in [0.2, 0.25) is 5.91 Å². The molecular formula is C17H18F2N2O6S. The number of halogens is 2. The van der Waals surface area contributed by atoms with Crippen LogP contribution in [0.3, 0.4) is 0 Å². The predicted octanol–water partition coefficient (Wildman–Crippen LogP) is 0.156. The minimum atomic E-state index is -3.12. The van der Waals surface area contributed by atoms with E-state index >= 15 is 0 Å². The van der Waals surface area contributed by atoms with Gasteiger partial charge in [-0.2, -0.15) is 0 Å². The molecule has 1 aromatic rings. The van der Waals surface area contributed by atoms with Crippen LogP contribution in [0.15, 0.2) is 12.1 Å². The molecule has 28 heavy (non-hydrogen) atoms. The van der Waals surface area contributed by atoms with Crippen LogP contribution < -0.4 is 10.2 Å². The third kappa shape index (κ3) is 3.32. The number of sulfone groups is 1. The third-order valence-electron chi connectivity index (χ3n) is 5.48. The molecule has 1 saturated carbocycles. The van der Waals surface area contributed by atoms with Crippen LogP contribution in [0.1, 0.15) is 11.5 Å². The van der Waals surface area contributed by atoms with E-state index < -0.39 is 52.1 Å². The Morgan fingerprint density at radius 1 is 1.25 bits per heavy atom. The normalized spacial score (nSPS) is 30.1. The van der Waals surface area contributed by atoms with Gasteiger partial charge in [0.1, 0.15) is 24.3 Å². The van der Waals surface area contributed by atoms with Gasteiger partial charge in [0, 0.05) is 5.56 Å². The molecule has 1 aliphatic carbocycles. The number of anilines is 1. The van der Waals surface area contributed by atoms with Gasteiger partial charge in [0.05, 0.1) is 30.3 Å². The summed E-state index contributed by atoms with van der Waals surface area (Å²) < 4.78 is 57.4. The number of aliphatic hydroxyl groups excluding tert-OH is 1. The van der Waals surface area contributed by atoms with Crippen LogP contribution in [0.4, 0.5) is 19.3 Å². The zero-order valence-electron chi connectivity index (χ0n) is 14.6. The molecule has 4 rings (SSSR count). The highest BCUT2D eigenvalue weighted by molar-refractivity contribution is 7.91. The van der Waals surface area contributed by atoms with E-state index in [1.165, 1.54) is 0 Å². The number of hydrogen-bond donors (Lipinski definition) is 2. The molecule has 11 heteroatoms. The average molecular weight is 416 g/mol. The van der Waals surface area contributed by atoms with E-state index in [-0.39, 0.29) is 47.7 Å². The number of nitrogens with one attached hydrogen (secondary N) is 1. The summed E-state index contributed by atoms with van der Waals surface area (Å²) in [4.78, 5) is 24.1. The van der Waals surface area contributed by atoms with Gasteiger partial charge in [-0.3, -0.25) is 9.69 Å². The Balaban J connectivity index is 1.48. The summed E-state index contributed by atoms with van der Waals surface area (Å²) >= 11 is 0. The number of carbonyl (C=O) groups excluding carboxylic acids is 2. The second-order valence-corrected chi connectivity index (χ2v) is 9.49. The van der Waals surface area contributed by atoms with Gasteiger partial charge in [-0.15, -0.1) is 0 Å². The number of cyclic esters (lactones) is 1. The molecule has 152 valence electrons. The summed E-state index contributed by atoms with van der Waals surface area (Å²) in [6.07, 6.45) is -1.52. The zero-order chi connectivity index (χ0) is 20.2. The van der Waals surface area contributed by atoms with Gasteiger partial charge in [0.15, 0.2) is 9.84 Å². The lowest BCUT2D eigenvalue weighted by Crippen LogP contribution is -2.36. The molecule has 0 radical (unpaired) electrons. The lowest BCUT2D eigenvalue weighted by Gasteiger charge is -2.16. The Hall–Kier alpha value is -2.27. The number of amides is 2. The second-order valence-electron chi connectivity index (χ2n) is 7.33. The van der Waals surface area contributed by atoms with Gasteiger partial charge >= 0.3 is 6.09 Å². The van der Waals surface area contributed by atoms with Gasteiger partial charge in [0.25, 0.3) is 0 Å². The van der Waals surface area contributed by atoms with E-state index in [4.69, 9.17) is 9.84 Å². The fourth-order valence-electron chi connectivity index (χ4n) is 4.15. The smallest absolute Gasteiger partial charge is 0.414 e. The summed E-state index contributed by atoms with van der Waals surface area (Å²) in [5.74, 6) is -3.34. The molecule has 1 unspecified atom stereocenters. The molecule has 2 aliphatic heterocycles. The number of fused-ring (bicyclic) bond motifs is 1. The molecule has 2 heterocycles. The van der Waals surface area contributed by atoms with Crippen molar-refractivity contribution in [2.45, 2.75) is 12.0 Å². The number of nitrogens with zero attached hydrogens (tertiary/aromatic N) is 1. The van der Waals surface area contributed by atoms with E-state index in [9.17, 15) is 26.8 Å². The molecule has 1 aromatic carbocycles. The van der Waals surface area contributed by atoms with Crippen LogP contribution in [0.25, 0.3) is 0 Å². The average Bonchev–Trinajstić information content (AvgIpc) is 2.96. The monoisotopic (exact) mass is 416 g/mol. The number of aliphatic hydroxyl groups is 1. The van der Waals surface area contributed by atoms with Crippen LogP contribution in [0, 0.1) is 23.5 Å². The molecule has 2 saturated heterocycles. The molecular weight excluding hydrogens is 398 g/mol. The van der Waals surface area contributed by atoms with Crippen molar-refractivity contribution in [2.24, 2.45) is 11.8 Å². The highest BCUT2D eigenvalue weighted by atomic mass is 32.2. The molecule has 0 bridgehead atoms. The van der Waals surface area contributed by atoms with E-state index in [1.54, 1.807) is 0 Å². The fraction of sp³-hybridized carbons (Fsp3) is 0.529. The minimum absolute atomic E-state index is 0.0156. The van der Waals surface area contributed by atoms with Crippen molar-refractivity contribution < 1.29 is 36.6 Å². The van der Waals surface area contributed by atoms with Crippen LogP contribution >= 0.6 is 0 Å². The Morgan fingerprint density at radius 3 is 2.43 bits per heavy atom. The van der Waals surface area contributed by atoms with E-state index in [1.807, 2.05) is 0 Å². The van der Waals surface area contributed by atoms with Crippen LogP contribution in [-0.2, 0) is 19.4 Å². The van der Waals surface area contributed by atoms with Gasteiger partial charge in [-0.1, -0.05) is 0 Å². The van der Waals surface area contributed by atoms with E-state index in [0.29, 0.717) is 0 Å². The lowest BCUT2D eigenvalue weighted by atomic mass is 10.1. The maximum absolute atomic E-state index is 14.6. The zero-order valence-corrected chi connectivity index (χ0v) is 15.4. The van der Waals surface area contributed by atoms with Crippen molar-refractivity contribution >= 4 is 27.5 Å². The van der Waals surface area contributed by atoms with Gasteiger partial charge in [-0.25, -0.2) is 22.0 Å². The van der Waals surface area contributed by atoms with Crippen molar-refractivity contribution in [3.63, 3.8) is 0 Å². The van der Waals surface area contributed by atoms with Crippen LogP contribution in [0.2, 0.25) is 0 Å². The highest BCUT2D eigenvalue weighted by Gasteiger charge is 2.60. The number of benzene rings is 1. The van der Waals surface area contributed by atoms with Crippen LogP contribution in [0.5, 0.6) is 0 Å². The molecule has 2 amide bonds. The number of ether oxygens (including phenoxy) is 1. The Labute approximate surface area is 159 Å². The molecule has 2 N–H and O–H groups in total. The van der Waals surface area contributed by atoms with Gasteiger partial charge in [-0.05, 0) is 29.9 Å². The summed E-state index contributed by atoms with van der Waals surface area (Å²) in [5.41, 5.74) is -0.147. The predicted molar refractivity (Wildman–Crippen MR) is 92.4 cm³/mol. The quantitative estimate of drug-likeness (QED) is 0.707. The first-order chi connectivity index (χ1) is 13.2. The highest BCUT2D eigenvalue weighted by Crippen LogP contribution is 2.60. The van der Waals surface area contributed by atoms with Crippen molar-refractivity contribution in [1.82, 2.24) is 5.32 Å².